The number of hydrogen-bond donors (Lipinski definition) is 1. The Labute approximate surface area is 148 Å². The van der Waals surface area contributed by atoms with Crippen molar-refractivity contribution in [2.24, 2.45) is 0 Å². The molecule has 1 aliphatic rings. The average molecular weight is 347 g/mol. The first kappa shape index (κ1) is 18.8. The van der Waals surface area contributed by atoms with Crippen LogP contribution in [0.4, 0.5) is 4.79 Å². The van der Waals surface area contributed by atoms with Gasteiger partial charge in [0.05, 0.1) is 0 Å². The van der Waals surface area contributed by atoms with Crippen molar-refractivity contribution < 1.29 is 24.2 Å². The number of aromatic hydroxyl groups is 1. The van der Waals surface area contributed by atoms with E-state index in [9.17, 15) is 14.7 Å². The molecule has 6 heteroatoms. The number of hydrogen-bond acceptors (Lipinski definition) is 5. The van der Waals surface area contributed by atoms with Crippen LogP contribution in [0.5, 0.6) is 11.5 Å². The number of ether oxygens (including phenoxy) is 2. The first-order chi connectivity index (χ1) is 11.7. The summed E-state index contributed by atoms with van der Waals surface area (Å²) in [6.07, 6.45) is 5.36. The van der Waals surface area contributed by atoms with Gasteiger partial charge in [0.1, 0.15) is 17.1 Å². The van der Waals surface area contributed by atoms with Gasteiger partial charge in [-0.05, 0) is 58.2 Å². The molecule has 0 aromatic heterocycles. The lowest BCUT2D eigenvalue weighted by Crippen LogP contribution is -2.34. The number of phenolic OH excluding ortho intramolecular Hbond substituents is 1. The summed E-state index contributed by atoms with van der Waals surface area (Å²) in [6, 6.07) is 4.36. The van der Waals surface area contributed by atoms with Crippen molar-refractivity contribution >= 4 is 18.1 Å². The second-order valence-corrected chi connectivity index (χ2v) is 7.01. The van der Waals surface area contributed by atoms with Crippen LogP contribution < -0.4 is 4.74 Å². The van der Waals surface area contributed by atoms with Gasteiger partial charge in [0, 0.05) is 30.8 Å². The molecule has 0 atom stereocenters. The van der Waals surface area contributed by atoms with Crippen molar-refractivity contribution in [2.45, 2.75) is 45.6 Å². The minimum Gasteiger partial charge on any atom is -0.508 e. The number of nitrogens with zero attached hydrogens (tertiary/aromatic N) is 1. The van der Waals surface area contributed by atoms with E-state index in [2.05, 4.69) is 0 Å². The van der Waals surface area contributed by atoms with Crippen LogP contribution in [0, 0.1) is 0 Å². The molecule has 1 aromatic carbocycles. The van der Waals surface area contributed by atoms with Crippen LogP contribution in [0.1, 0.15) is 45.6 Å². The first-order valence-electron chi connectivity index (χ1n) is 8.45. The molecule has 0 aliphatic carbocycles. The van der Waals surface area contributed by atoms with E-state index in [1.807, 2.05) is 0 Å². The van der Waals surface area contributed by atoms with E-state index in [1.165, 1.54) is 18.2 Å². The molecule has 1 N–H and O–H groups in total. The van der Waals surface area contributed by atoms with Crippen molar-refractivity contribution in [3.63, 3.8) is 0 Å². The normalized spacial score (nSPS) is 15.2. The maximum absolute atomic E-state index is 12.2. The summed E-state index contributed by atoms with van der Waals surface area (Å²) < 4.78 is 10.3. The van der Waals surface area contributed by atoms with Gasteiger partial charge in [-0.3, -0.25) is 4.79 Å². The SMILES string of the molecule is CC(C)(C)OC(=O)Oc1cc(O)ccc1/C=C/C(=O)N1CCCCC1. The highest BCUT2D eigenvalue weighted by Gasteiger charge is 2.19. The molecule has 0 spiro atoms. The molecule has 1 amide bonds. The van der Waals surface area contributed by atoms with Crippen molar-refractivity contribution in [2.75, 3.05) is 13.1 Å². The summed E-state index contributed by atoms with van der Waals surface area (Å²) in [6.45, 7) is 6.72. The number of carbonyl (C=O) groups excluding carboxylic acids is 2. The predicted molar refractivity (Wildman–Crippen MR) is 94.4 cm³/mol. The number of rotatable bonds is 3. The molecule has 0 radical (unpaired) electrons. The van der Waals surface area contributed by atoms with Crippen LogP contribution in [-0.2, 0) is 9.53 Å². The predicted octanol–water partition coefficient (Wildman–Crippen LogP) is 3.73. The van der Waals surface area contributed by atoms with E-state index >= 15 is 0 Å². The van der Waals surface area contributed by atoms with Gasteiger partial charge >= 0.3 is 6.16 Å². The van der Waals surface area contributed by atoms with Crippen molar-refractivity contribution in [1.82, 2.24) is 4.90 Å². The van der Waals surface area contributed by atoms with Gasteiger partial charge in [-0.15, -0.1) is 0 Å². The molecule has 25 heavy (non-hydrogen) atoms. The smallest absolute Gasteiger partial charge is 0.508 e. The fourth-order valence-corrected chi connectivity index (χ4v) is 2.49. The average Bonchev–Trinajstić information content (AvgIpc) is 2.53. The minimum atomic E-state index is -0.866. The maximum atomic E-state index is 12.2. The maximum Gasteiger partial charge on any atom is 0.514 e. The number of piperidine rings is 1. The van der Waals surface area contributed by atoms with Gasteiger partial charge in [-0.1, -0.05) is 0 Å². The Balaban J connectivity index is 2.10. The summed E-state index contributed by atoms with van der Waals surface area (Å²) in [5.74, 6) is 0.0194. The molecule has 0 unspecified atom stereocenters. The van der Waals surface area contributed by atoms with Gasteiger partial charge in [0.25, 0.3) is 0 Å². The highest BCUT2D eigenvalue weighted by atomic mass is 16.7. The number of likely N-dealkylation sites (tertiary alicyclic amines) is 1. The third kappa shape index (κ3) is 6.14. The second kappa shape index (κ2) is 8.05. The lowest BCUT2D eigenvalue weighted by atomic mass is 10.1. The first-order valence-corrected chi connectivity index (χ1v) is 8.45. The van der Waals surface area contributed by atoms with E-state index in [0.717, 1.165) is 32.4 Å². The Hall–Kier alpha value is -2.50. The molecule has 6 nitrogen and oxygen atoms in total. The third-order valence-corrected chi connectivity index (χ3v) is 3.65. The molecule has 0 bridgehead atoms. The zero-order valence-electron chi connectivity index (χ0n) is 14.9. The van der Waals surface area contributed by atoms with Crippen LogP contribution >= 0.6 is 0 Å². The molecule has 2 rings (SSSR count). The van der Waals surface area contributed by atoms with Crippen molar-refractivity contribution in [3.8, 4) is 11.5 Å². The fraction of sp³-hybridized carbons (Fsp3) is 0.474. The van der Waals surface area contributed by atoms with E-state index in [4.69, 9.17) is 9.47 Å². The zero-order valence-corrected chi connectivity index (χ0v) is 14.9. The summed E-state index contributed by atoms with van der Waals surface area (Å²) in [5, 5.41) is 9.63. The number of benzene rings is 1. The summed E-state index contributed by atoms with van der Waals surface area (Å²) in [4.78, 5) is 25.9. The molecule has 1 aromatic rings. The van der Waals surface area contributed by atoms with E-state index in [0.29, 0.717) is 5.56 Å². The molecular weight excluding hydrogens is 322 g/mol. The monoisotopic (exact) mass is 347 g/mol. The third-order valence-electron chi connectivity index (χ3n) is 3.65. The standard InChI is InChI=1S/C19H25NO5/c1-19(2,3)25-18(23)24-16-13-15(21)9-7-14(16)8-10-17(22)20-11-5-4-6-12-20/h7-10,13,21H,4-6,11-12H2,1-3H3/b10-8+. The highest BCUT2D eigenvalue weighted by molar-refractivity contribution is 5.92. The van der Waals surface area contributed by atoms with Crippen molar-refractivity contribution in [3.05, 3.63) is 29.8 Å². The lowest BCUT2D eigenvalue weighted by molar-refractivity contribution is -0.126. The van der Waals surface area contributed by atoms with Crippen LogP contribution in [0.15, 0.2) is 24.3 Å². The fourth-order valence-electron chi connectivity index (χ4n) is 2.49. The molecule has 136 valence electrons. The molecule has 1 aliphatic heterocycles. The van der Waals surface area contributed by atoms with Crippen LogP contribution in [0.2, 0.25) is 0 Å². The van der Waals surface area contributed by atoms with Crippen LogP contribution in [-0.4, -0.2) is 40.8 Å². The molecule has 0 saturated carbocycles. The quantitative estimate of drug-likeness (QED) is 0.512. The van der Waals surface area contributed by atoms with Gasteiger partial charge < -0.3 is 19.5 Å². The van der Waals surface area contributed by atoms with Crippen LogP contribution in [0.3, 0.4) is 0 Å². The van der Waals surface area contributed by atoms with Gasteiger partial charge in [-0.25, -0.2) is 4.79 Å². The van der Waals surface area contributed by atoms with Crippen molar-refractivity contribution in [1.29, 1.82) is 0 Å². The number of phenols is 1. The van der Waals surface area contributed by atoms with E-state index in [-0.39, 0.29) is 17.4 Å². The summed E-state index contributed by atoms with van der Waals surface area (Å²) in [5.41, 5.74) is -0.178. The molecule has 1 heterocycles. The number of amides is 1. The zero-order chi connectivity index (χ0) is 18.4. The van der Waals surface area contributed by atoms with E-state index in [1.54, 1.807) is 37.8 Å². The highest BCUT2D eigenvalue weighted by Crippen LogP contribution is 2.26. The number of carbonyl (C=O) groups is 2. The Kier molecular flexibility index (Phi) is 6.07. The summed E-state index contributed by atoms with van der Waals surface area (Å²) >= 11 is 0. The van der Waals surface area contributed by atoms with Gasteiger partial charge in [0.2, 0.25) is 5.91 Å². The Morgan fingerprint density at radius 1 is 1.16 bits per heavy atom. The van der Waals surface area contributed by atoms with Crippen LogP contribution in [0.25, 0.3) is 6.08 Å². The lowest BCUT2D eigenvalue weighted by Gasteiger charge is -2.25. The molecular formula is C19H25NO5. The van der Waals surface area contributed by atoms with Gasteiger partial charge in [0.15, 0.2) is 0 Å². The largest absolute Gasteiger partial charge is 0.514 e. The Morgan fingerprint density at radius 2 is 1.84 bits per heavy atom. The Morgan fingerprint density at radius 3 is 2.48 bits per heavy atom. The molecule has 1 saturated heterocycles. The Bertz CT molecular complexity index is 654. The van der Waals surface area contributed by atoms with E-state index < -0.39 is 11.8 Å². The van der Waals surface area contributed by atoms with Gasteiger partial charge in [-0.2, -0.15) is 0 Å². The minimum absolute atomic E-state index is 0.0435. The second-order valence-electron chi connectivity index (χ2n) is 7.01. The summed E-state index contributed by atoms with van der Waals surface area (Å²) in [7, 11) is 0. The topological polar surface area (TPSA) is 76.1 Å². The molecule has 1 fully saturated rings.